The molecule has 0 amide bonds. The minimum absolute atomic E-state index is 0.0829. The first-order valence-electron chi connectivity index (χ1n) is 6.23. The number of hydrogen-bond acceptors (Lipinski definition) is 1. The summed E-state index contributed by atoms with van der Waals surface area (Å²) < 4.78 is 1.14. The standard InChI is InChI=1S/C16H18BrN/c1-12-6-5-9-14(16(12)17)15(18)11-10-13-7-3-2-4-8-13/h2-9,15H,10-11,18H2,1H3. The van der Waals surface area contributed by atoms with Crippen molar-refractivity contribution in [2.24, 2.45) is 5.73 Å². The van der Waals surface area contributed by atoms with Crippen molar-refractivity contribution in [2.75, 3.05) is 0 Å². The van der Waals surface area contributed by atoms with Gasteiger partial charge >= 0.3 is 0 Å². The van der Waals surface area contributed by atoms with E-state index in [1.54, 1.807) is 0 Å². The molecule has 0 spiro atoms. The van der Waals surface area contributed by atoms with Gasteiger partial charge in [-0.3, -0.25) is 0 Å². The van der Waals surface area contributed by atoms with Gasteiger partial charge in [-0.1, -0.05) is 64.5 Å². The second-order valence-corrected chi connectivity index (χ2v) is 5.40. The second kappa shape index (κ2) is 6.17. The van der Waals surface area contributed by atoms with Crippen LogP contribution in [0.25, 0.3) is 0 Å². The quantitative estimate of drug-likeness (QED) is 0.890. The Kier molecular flexibility index (Phi) is 4.56. The third-order valence-corrected chi connectivity index (χ3v) is 4.29. The maximum absolute atomic E-state index is 6.28. The highest BCUT2D eigenvalue weighted by Crippen LogP contribution is 2.27. The van der Waals surface area contributed by atoms with E-state index in [0.717, 1.165) is 17.3 Å². The number of halogens is 1. The van der Waals surface area contributed by atoms with Crippen molar-refractivity contribution in [2.45, 2.75) is 25.8 Å². The minimum atomic E-state index is 0.0829. The molecule has 0 radical (unpaired) electrons. The molecule has 94 valence electrons. The summed E-state index contributed by atoms with van der Waals surface area (Å²) >= 11 is 3.63. The Morgan fingerprint density at radius 1 is 1.06 bits per heavy atom. The highest BCUT2D eigenvalue weighted by atomic mass is 79.9. The lowest BCUT2D eigenvalue weighted by atomic mass is 9.98. The lowest BCUT2D eigenvalue weighted by molar-refractivity contribution is 0.648. The van der Waals surface area contributed by atoms with Gasteiger partial charge in [-0.25, -0.2) is 0 Å². The van der Waals surface area contributed by atoms with Crippen molar-refractivity contribution in [3.63, 3.8) is 0 Å². The van der Waals surface area contributed by atoms with Gasteiger partial charge in [0.05, 0.1) is 0 Å². The minimum Gasteiger partial charge on any atom is -0.324 e. The smallest absolute Gasteiger partial charge is 0.0309 e. The van der Waals surface area contributed by atoms with E-state index in [1.807, 2.05) is 6.07 Å². The molecule has 2 aromatic carbocycles. The molecule has 0 aromatic heterocycles. The van der Waals surface area contributed by atoms with E-state index in [0.29, 0.717) is 0 Å². The van der Waals surface area contributed by atoms with Crippen LogP contribution in [0.2, 0.25) is 0 Å². The Morgan fingerprint density at radius 2 is 1.78 bits per heavy atom. The largest absolute Gasteiger partial charge is 0.324 e. The van der Waals surface area contributed by atoms with Crippen LogP contribution in [0.3, 0.4) is 0 Å². The molecule has 1 atom stereocenters. The van der Waals surface area contributed by atoms with Crippen molar-refractivity contribution in [1.82, 2.24) is 0 Å². The van der Waals surface area contributed by atoms with Gasteiger partial charge in [0.25, 0.3) is 0 Å². The zero-order valence-corrected chi connectivity index (χ0v) is 12.2. The topological polar surface area (TPSA) is 26.0 Å². The number of nitrogens with two attached hydrogens (primary N) is 1. The first-order valence-corrected chi connectivity index (χ1v) is 7.02. The fourth-order valence-corrected chi connectivity index (χ4v) is 2.64. The Labute approximate surface area is 117 Å². The third kappa shape index (κ3) is 3.21. The van der Waals surface area contributed by atoms with E-state index in [9.17, 15) is 0 Å². The van der Waals surface area contributed by atoms with Crippen LogP contribution in [0.1, 0.15) is 29.2 Å². The van der Waals surface area contributed by atoms with Gasteiger partial charge in [0.1, 0.15) is 0 Å². The second-order valence-electron chi connectivity index (χ2n) is 4.61. The molecular weight excluding hydrogens is 286 g/mol. The van der Waals surface area contributed by atoms with Crippen molar-refractivity contribution < 1.29 is 0 Å². The van der Waals surface area contributed by atoms with Gasteiger partial charge in [0.15, 0.2) is 0 Å². The molecule has 2 aromatic rings. The predicted octanol–water partition coefficient (Wildman–Crippen LogP) is 4.39. The summed E-state index contributed by atoms with van der Waals surface area (Å²) in [6, 6.07) is 16.8. The lowest BCUT2D eigenvalue weighted by Gasteiger charge is -2.15. The summed E-state index contributed by atoms with van der Waals surface area (Å²) in [5.41, 5.74) is 10.1. The van der Waals surface area contributed by atoms with Crippen molar-refractivity contribution in [3.05, 3.63) is 69.7 Å². The van der Waals surface area contributed by atoms with E-state index in [-0.39, 0.29) is 6.04 Å². The highest BCUT2D eigenvalue weighted by molar-refractivity contribution is 9.10. The van der Waals surface area contributed by atoms with Crippen LogP contribution in [-0.2, 0) is 6.42 Å². The number of hydrogen-bond donors (Lipinski definition) is 1. The van der Waals surface area contributed by atoms with Gasteiger partial charge < -0.3 is 5.73 Å². The van der Waals surface area contributed by atoms with Gasteiger partial charge in [-0.2, -0.15) is 0 Å². The zero-order valence-electron chi connectivity index (χ0n) is 10.6. The summed E-state index contributed by atoms with van der Waals surface area (Å²) in [6.45, 7) is 2.09. The summed E-state index contributed by atoms with van der Waals surface area (Å²) in [5.74, 6) is 0. The van der Waals surface area contributed by atoms with Gasteiger partial charge in [-0.05, 0) is 36.5 Å². The molecule has 0 aliphatic carbocycles. The molecule has 0 heterocycles. The molecule has 0 aliphatic heterocycles. The third-order valence-electron chi connectivity index (χ3n) is 3.21. The van der Waals surface area contributed by atoms with E-state index in [2.05, 4.69) is 65.3 Å². The Morgan fingerprint density at radius 3 is 2.50 bits per heavy atom. The summed E-state index contributed by atoms with van der Waals surface area (Å²) in [5, 5.41) is 0. The summed E-state index contributed by atoms with van der Waals surface area (Å²) in [4.78, 5) is 0. The number of aryl methyl sites for hydroxylation is 2. The molecule has 0 bridgehead atoms. The average Bonchev–Trinajstić information content (AvgIpc) is 2.40. The maximum Gasteiger partial charge on any atom is 0.0309 e. The van der Waals surface area contributed by atoms with Crippen molar-refractivity contribution in [3.8, 4) is 0 Å². The van der Waals surface area contributed by atoms with Crippen LogP contribution < -0.4 is 5.73 Å². The summed E-state index contributed by atoms with van der Waals surface area (Å²) in [7, 11) is 0. The van der Waals surface area contributed by atoms with E-state index in [4.69, 9.17) is 5.73 Å². The van der Waals surface area contributed by atoms with E-state index < -0.39 is 0 Å². The first-order chi connectivity index (χ1) is 8.68. The van der Waals surface area contributed by atoms with Gasteiger partial charge in [0.2, 0.25) is 0 Å². The molecule has 0 aliphatic rings. The molecule has 2 rings (SSSR count). The molecule has 2 N–H and O–H groups in total. The van der Waals surface area contributed by atoms with Crippen LogP contribution >= 0.6 is 15.9 Å². The van der Waals surface area contributed by atoms with Crippen LogP contribution in [-0.4, -0.2) is 0 Å². The molecule has 2 heteroatoms. The predicted molar refractivity (Wildman–Crippen MR) is 80.6 cm³/mol. The van der Waals surface area contributed by atoms with E-state index >= 15 is 0 Å². The molecule has 18 heavy (non-hydrogen) atoms. The summed E-state index contributed by atoms with van der Waals surface area (Å²) in [6.07, 6.45) is 1.98. The monoisotopic (exact) mass is 303 g/mol. The SMILES string of the molecule is Cc1cccc(C(N)CCc2ccccc2)c1Br. The van der Waals surface area contributed by atoms with Gasteiger partial charge in [-0.15, -0.1) is 0 Å². The molecule has 0 saturated heterocycles. The average molecular weight is 304 g/mol. The number of rotatable bonds is 4. The Hall–Kier alpha value is -1.12. The van der Waals surface area contributed by atoms with Crippen LogP contribution in [0.15, 0.2) is 53.0 Å². The first kappa shape index (κ1) is 13.3. The van der Waals surface area contributed by atoms with Crippen molar-refractivity contribution >= 4 is 15.9 Å². The Balaban J connectivity index is 2.04. The molecular formula is C16H18BrN. The fourth-order valence-electron chi connectivity index (χ4n) is 2.08. The van der Waals surface area contributed by atoms with E-state index in [1.165, 1.54) is 16.7 Å². The van der Waals surface area contributed by atoms with Crippen LogP contribution in [0.4, 0.5) is 0 Å². The molecule has 0 fully saturated rings. The Bertz CT molecular complexity index is 508. The lowest BCUT2D eigenvalue weighted by Crippen LogP contribution is -2.12. The highest BCUT2D eigenvalue weighted by Gasteiger charge is 2.10. The van der Waals surface area contributed by atoms with Crippen molar-refractivity contribution in [1.29, 1.82) is 0 Å². The molecule has 0 saturated carbocycles. The zero-order chi connectivity index (χ0) is 13.0. The van der Waals surface area contributed by atoms with Crippen LogP contribution in [0.5, 0.6) is 0 Å². The maximum atomic E-state index is 6.28. The van der Waals surface area contributed by atoms with Crippen LogP contribution in [0, 0.1) is 6.92 Å². The normalized spacial score (nSPS) is 12.4. The molecule has 1 nitrogen and oxygen atoms in total. The number of benzene rings is 2. The molecule has 1 unspecified atom stereocenters. The fraction of sp³-hybridized carbons (Fsp3) is 0.250. The van der Waals surface area contributed by atoms with Gasteiger partial charge in [0, 0.05) is 10.5 Å².